The first-order valence-corrected chi connectivity index (χ1v) is 21.4. The zero-order chi connectivity index (χ0) is 41.9. The third kappa shape index (κ3) is 6.67. The first-order valence-electron chi connectivity index (χ1n) is 21.4. The third-order valence-corrected chi connectivity index (χ3v) is 12.4. The summed E-state index contributed by atoms with van der Waals surface area (Å²) in [5.41, 5.74) is 16.6. The van der Waals surface area contributed by atoms with E-state index in [1.165, 1.54) is 93.9 Å². The van der Waals surface area contributed by atoms with E-state index in [0.717, 1.165) is 0 Å². The summed E-state index contributed by atoms with van der Waals surface area (Å²) in [5, 5.41) is 5.26. The number of hydrogen-bond acceptors (Lipinski definition) is 0. The van der Waals surface area contributed by atoms with Gasteiger partial charge in [0.15, 0.2) is 0 Å². The molecule has 6 aromatic carbocycles. The molecule has 0 unspecified atom stereocenters. The van der Waals surface area contributed by atoms with Gasteiger partial charge in [0.2, 0.25) is 0 Å². The Morgan fingerprint density at radius 3 is 1.31 bits per heavy atom. The van der Waals surface area contributed by atoms with Gasteiger partial charge in [0.05, 0.1) is 27.8 Å². The van der Waals surface area contributed by atoms with Crippen LogP contribution in [0.1, 0.15) is 132 Å². The maximum Gasteiger partial charge on any atom is 0.0547 e. The summed E-state index contributed by atoms with van der Waals surface area (Å²) in [5.74, 6) is 0. The van der Waals surface area contributed by atoms with Crippen molar-refractivity contribution in [2.24, 2.45) is 0 Å². The number of hydrogen-bond donors (Lipinski definition) is 0. The van der Waals surface area contributed by atoms with Crippen LogP contribution in [0, 0.1) is 0 Å². The second kappa shape index (κ2) is 13.2. The topological polar surface area (TPSA) is 9.86 Å². The van der Waals surface area contributed by atoms with Crippen LogP contribution >= 0.6 is 0 Å². The molecular weight excluding hydrogens is 701 g/mol. The van der Waals surface area contributed by atoms with Crippen molar-refractivity contribution in [2.75, 3.05) is 0 Å². The van der Waals surface area contributed by atoms with Crippen LogP contribution in [-0.2, 0) is 27.1 Å². The molecule has 58 heavy (non-hydrogen) atoms. The Morgan fingerprint density at radius 1 is 0.345 bits per heavy atom. The van der Waals surface area contributed by atoms with E-state index in [4.69, 9.17) is 0 Å². The fraction of sp³-hybridized carbons (Fsp3) is 0.357. The summed E-state index contributed by atoms with van der Waals surface area (Å²) >= 11 is 0. The largest absolute Gasteiger partial charge is 0.309 e. The fourth-order valence-electron chi connectivity index (χ4n) is 9.05. The molecule has 0 saturated carbocycles. The van der Waals surface area contributed by atoms with Gasteiger partial charge in [-0.25, -0.2) is 0 Å². The molecule has 2 aromatic heterocycles. The molecule has 0 aliphatic carbocycles. The van der Waals surface area contributed by atoms with Crippen LogP contribution in [-0.4, -0.2) is 9.13 Å². The summed E-state index contributed by atoms with van der Waals surface area (Å²) in [4.78, 5) is 0. The SMILES string of the molecule is CC(C)(C)c1cc(-c2cccc3c2c2c(C(C)(C)C)c(-n4c5ccc(C(C)(C)C)cc5c5cc(C(C)(C)C)ccc54)ccc2n3-c2ccccc2)cc(C(C)(C)C)c1. The molecule has 0 spiro atoms. The average Bonchev–Trinajstić information content (AvgIpc) is 3.65. The van der Waals surface area contributed by atoms with Crippen molar-refractivity contribution in [2.45, 2.75) is 131 Å². The molecule has 2 heterocycles. The van der Waals surface area contributed by atoms with Crippen molar-refractivity contribution in [1.29, 1.82) is 0 Å². The Balaban J connectivity index is 1.58. The molecule has 0 aliphatic rings. The predicted molar refractivity (Wildman–Crippen MR) is 254 cm³/mol. The van der Waals surface area contributed by atoms with E-state index in [9.17, 15) is 0 Å². The van der Waals surface area contributed by atoms with Gasteiger partial charge in [-0.05, 0) is 121 Å². The zero-order valence-electron chi connectivity index (χ0n) is 37.9. The van der Waals surface area contributed by atoms with Crippen LogP contribution in [0.2, 0.25) is 0 Å². The highest BCUT2D eigenvalue weighted by Crippen LogP contribution is 2.48. The molecular formula is C56H64N2. The Bertz CT molecular complexity index is 2770. The molecule has 2 nitrogen and oxygen atoms in total. The van der Waals surface area contributed by atoms with E-state index >= 15 is 0 Å². The standard InChI is InChI=1S/C56H64N2/c1-52(2,3)36-24-26-44-42(33-36)43-34-37(53(4,5)6)25-27-45(43)58(44)48-29-28-47-50(51(48)56(13,14)15)49-41(22-19-23-46(49)57(47)40-20-17-16-18-21-40)35-30-38(54(7,8)9)32-39(31-35)55(10,11)12/h16-34H,1-15H3. The molecule has 0 atom stereocenters. The average molecular weight is 765 g/mol. The molecule has 298 valence electrons. The third-order valence-electron chi connectivity index (χ3n) is 12.4. The predicted octanol–water partition coefficient (Wildman–Crippen LogP) is 16.0. The number of benzene rings is 6. The van der Waals surface area contributed by atoms with E-state index in [1.54, 1.807) is 0 Å². The van der Waals surface area contributed by atoms with Crippen LogP contribution in [0.15, 0.2) is 115 Å². The summed E-state index contributed by atoms with van der Waals surface area (Å²) in [6.45, 7) is 35.2. The zero-order valence-corrected chi connectivity index (χ0v) is 37.9. The number of fused-ring (bicyclic) bond motifs is 6. The van der Waals surface area contributed by atoms with Crippen molar-refractivity contribution in [3.8, 4) is 22.5 Å². The van der Waals surface area contributed by atoms with Crippen molar-refractivity contribution in [1.82, 2.24) is 9.13 Å². The van der Waals surface area contributed by atoms with E-state index in [2.05, 4.69) is 228 Å². The first kappa shape index (κ1) is 39.7. The maximum atomic E-state index is 2.58. The van der Waals surface area contributed by atoms with Crippen molar-refractivity contribution < 1.29 is 0 Å². The van der Waals surface area contributed by atoms with Gasteiger partial charge in [-0.2, -0.15) is 0 Å². The minimum Gasteiger partial charge on any atom is -0.309 e. The van der Waals surface area contributed by atoms with Gasteiger partial charge in [-0.3, -0.25) is 0 Å². The van der Waals surface area contributed by atoms with Gasteiger partial charge in [0, 0.05) is 27.2 Å². The molecule has 2 heteroatoms. The Morgan fingerprint density at radius 2 is 0.828 bits per heavy atom. The first-order chi connectivity index (χ1) is 26.9. The van der Waals surface area contributed by atoms with Gasteiger partial charge < -0.3 is 9.13 Å². The van der Waals surface area contributed by atoms with E-state index in [0.29, 0.717) is 0 Å². The van der Waals surface area contributed by atoms with E-state index < -0.39 is 0 Å². The minimum absolute atomic E-state index is 0.00191. The normalized spacial score (nSPS) is 13.4. The minimum atomic E-state index is -0.207. The summed E-state index contributed by atoms with van der Waals surface area (Å²) in [6.07, 6.45) is 0. The summed E-state index contributed by atoms with van der Waals surface area (Å²) in [6, 6.07) is 44.5. The molecule has 0 amide bonds. The second-order valence-electron chi connectivity index (χ2n) is 22.1. The molecule has 8 rings (SSSR count). The van der Waals surface area contributed by atoms with Gasteiger partial charge in [0.25, 0.3) is 0 Å². The highest BCUT2D eigenvalue weighted by Gasteiger charge is 2.31. The lowest BCUT2D eigenvalue weighted by Gasteiger charge is -2.27. The lowest BCUT2D eigenvalue weighted by atomic mass is 9.78. The number of rotatable bonds is 3. The van der Waals surface area contributed by atoms with Crippen LogP contribution in [0.5, 0.6) is 0 Å². The van der Waals surface area contributed by atoms with Crippen LogP contribution < -0.4 is 0 Å². The van der Waals surface area contributed by atoms with Crippen LogP contribution in [0.4, 0.5) is 0 Å². The molecule has 0 aliphatic heterocycles. The van der Waals surface area contributed by atoms with Crippen LogP contribution in [0.25, 0.3) is 66.1 Å². The van der Waals surface area contributed by atoms with E-state index in [1.807, 2.05) is 0 Å². The maximum absolute atomic E-state index is 2.58. The summed E-state index contributed by atoms with van der Waals surface area (Å²) < 4.78 is 5.08. The molecule has 0 saturated heterocycles. The van der Waals surface area contributed by atoms with Gasteiger partial charge in [0.1, 0.15) is 0 Å². The lowest BCUT2D eigenvalue weighted by molar-refractivity contribution is 0.569. The van der Waals surface area contributed by atoms with E-state index in [-0.39, 0.29) is 27.1 Å². The molecule has 0 radical (unpaired) electrons. The molecule has 0 fully saturated rings. The Hall–Kier alpha value is -5.08. The highest BCUT2D eigenvalue weighted by atomic mass is 15.0. The Kier molecular flexibility index (Phi) is 9.05. The van der Waals surface area contributed by atoms with Gasteiger partial charge in [-0.15, -0.1) is 0 Å². The smallest absolute Gasteiger partial charge is 0.0547 e. The van der Waals surface area contributed by atoms with Crippen molar-refractivity contribution >= 4 is 43.6 Å². The monoisotopic (exact) mass is 765 g/mol. The van der Waals surface area contributed by atoms with Crippen LogP contribution in [0.3, 0.4) is 0 Å². The van der Waals surface area contributed by atoms with Gasteiger partial charge >= 0.3 is 0 Å². The van der Waals surface area contributed by atoms with Gasteiger partial charge in [-0.1, -0.05) is 165 Å². The number of para-hydroxylation sites is 1. The molecule has 0 bridgehead atoms. The molecule has 0 N–H and O–H groups in total. The van der Waals surface area contributed by atoms with Crippen molar-refractivity contribution in [3.63, 3.8) is 0 Å². The molecule has 8 aromatic rings. The highest BCUT2D eigenvalue weighted by molar-refractivity contribution is 6.19. The Labute approximate surface area is 347 Å². The van der Waals surface area contributed by atoms with Crippen molar-refractivity contribution in [3.05, 3.63) is 143 Å². The second-order valence-corrected chi connectivity index (χ2v) is 22.1. The fourth-order valence-corrected chi connectivity index (χ4v) is 9.05. The number of aromatic nitrogens is 2. The lowest BCUT2D eigenvalue weighted by Crippen LogP contribution is -2.17. The quantitative estimate of drug-likeness (QED) is 0.170. The number of nitrogens with zero attached hydrogens (tertiary/aromatic N) is 2. The summed E-state index contributed by atoms with van der Waals surface area (Å²) in [7, 11) is 0.